The molecule has 0 saturated carbocycles. The monoisotopic (exact) mass is 1030 g/mol. The predicted octanol–water partition coefficient (Wildman–Crippen LogP) is -5.30. The van der Waals surface area contributed by atoms with Gasteiger partial charge in [-0.2, -0.15) is 0 Å². The molecule has 28 heteroatoms. The Labute approximate surface area is 418 Å². The van der Waals surface area contributed by atoms with Crippen LogP contribution in [0.5, 0.6) is 0 Å². The van der Waals surface area contributed by atoms with Gasteiger partial charge in [0, 0.05) is 13.0 Å². The normalized spacial score (nSPS) is 16.0. The molecule has 0 radical (unpaired) electrons. The third-order valence-corrected chi connectivity index (χ3v) is 11.4. The summed E-state index contributed by atoms with van der Waals surface area (Å²) in [6.07, 6.45) is 1.72. The quantitative estimate of drug-likeness (QED) is 0.0158. The number of rotatable bonds is 36. The van der Waals surface area contributed by atoms with E-state index in [-0.39, 0.29) is 50.6 Å². The maximum absolute atomic E-state index is 13.9. The molecule has 1 aliphatic heterocycles. The molecular weight excluding hydrogens is 947 g/mol. The van der Waals surface area contributed by atoms with Gasteiger partial charge in [-0.1, -0.05) is 27.7 Å². The third-order valence-electron chi connectivity index (χ3n) is 11.4. The molecule has 0 unspecified atom stereocenters. The van der Waals surface area contributed by atoms with Crippen LogP contribution in [0.3, 0.4) is 0 Å². The van der Waals surface area contributed by atoms with Gasteiger partial charge in [-0.15, -0.1) is 0 Å². The highest BCUT2D eigenvalue weighted by Crippen LogP contribution is 2.12. The number of aliphatic imine (C=N–C) groups is 1. The predicted molar refractivity (Wildman–Crippen MR) is 261 cm³/mol. The van der Waals surface area contributed by atoms with Gasteiger partial charge in [0.15, 0.2) is 5.96 Å². The summed E-state index contributed by atoms with van der Waals surface area (Å²) < 4.78 is 0. The summed E-state index contributed by atoms with van der Waals surface area (Å²) >= 11 is 0. The van der Waals surface area contributed by atoms with Crippen molar-refractivity contribution in [2.45, 2.75) is 160 Å². The van der Waals surface area contributed by atoms with Gasteiger partial charge >= 0.3 is 11.9 Å². The molecule has 1 heterocycles. The molecule has 1 fully saturated rings. The molecule has 72 heavy (non-hydrogen) atoms. The molecule has 0 aromatic rings. The van der Waals surface area contributed by atoms with E-state index < -0.39 is 145 Å². The first kappa shape index (κ1) is 63.3. The molecule has 21 N–H and O–H groups in total. The molecule has 8 atom stereocenters. The molecule has 1 saturated heterocycles. The fourth-order valence-corrected chi connectivity index (χ4v) is 7.32. The minimum Gasteiger partial charge on any atom is -0.481 e. The lowest BCUT2D eigenvalue weighted by atomic mass is 9.98. The number of nitrogens with zero attached hydrogens (tertiary/aromatic N) is 1. The number of carbonyl (C=O) groups is 11. The first-order chi connectivity index (χ1) is 33.9. The van der Waals surface area contributed by atoms with Crippen LogP contribution in [0, 0.1) is 11.8 Å². The van der Waals surface area contributed by atoms with Crippen molar-refractivity contribution >= 4 is 71.1 Å². The smallest absolute Gasteiger partial charge is 0.326 e. The number of nitrogens with two attached hydrogens (primary N) is 5. The van der Waals surface area contributed by atoms with Crippen LogP contribution < -0.4 is 76.5 Å². The lowest BCUT2D eigenvalue weighted by Gasteiger charge is -2.30. The second kappa shape index (κ2) is 33.8. The van der Waals surface area contributed by atoms with Gasteiger partial charge in [-0.25, -0.2) is 4.79 Å². The fraction of sp³-hybridized carbons (Fsp3) is 0.727. The maximum atomic E-state index is 13.9. The third kappa shape index (κ3) is 24.9. The lowest BCUT2D eigenvalue weighted by molar-refractivity contribution is -0.143. The van der Waals surface area contributed by atoms with Gasteiger partial charge in [0.05, 0.1) is 19.0 Å². The second-order valence-corrected chi connectivity index (χ2v) is 18.2. The Hall–Kier alpha value is -6.68. The van der Waals surface area contributed by atoms with Gasteiger partial charge in [-0.05, 0) is 102 Å². The zero-order valence-corrected chi connectivity index (χ0v) is 41.7. The molecule has 0 bridgehead atoms. The van der Waals surface area contributed by atoms with E-state index in [1.165, 1.54) is 0 Å². The molecule has 408 valence electrons. The Morgan fingerprint density at radius 2 is 1.07 bits per heavy atom. The topological polar surface area (TPSA) is 479 Å². The Balaban J connectivity index is 3.28. The molecule has 1 aliphatic rings. The van der Waals surface area contributed by atoms with Crippen molar-refractivity contribution in [1.82, 2.24) is 47.9 Å². The Kier molecular flexibility index (Phi) is 29.8. The highest BCUT2D eigenvalue weighted by Gasteiger charge is 2.36. The zero-order chi connectivity index (χ0) is 54.5. The van der Waals surface area contributed by atoms with Gasteiger partial charge in [0.1, 0.15) is 42.3 Å². The number of carboxylic acid groups (broad SMARTS) is 2. The summed E-state index contributed by atoms with van der Waals surface area (Å²) in [5, 5.41) is 41.9. The first-order valence-electron chi connectivity index (χ1n) is 24.2. The number of guanidine groups is 1. The molecule has 9 amide bonds. The molecular formula is C44H79N15O13. The van der Waals surface area contributed by atoms with Gasteiger partial charge in [0.2, 0.25) is 53.2 Å². The van der Waals surface area contributed by atoms with E-state index in [0.717, 1.165) is 6.42 Å². The summed E-state index contributed by atoms with van der Waals surface area (Å²) in [4.78, 5) is 147. The van der Waals surface area contributed by atoms with Crippen LogP contribution in [0.4, 0.5) is 0 Å². The minimum absolute atomic E-state index is 0.00726. The van der Waals surface area contributed by atoms with Crippen LogP contribution in [0.25, 0.3) is 0 Å². The van der Waals surface area contributed by atoms with Crippen LogP contribution in [-0.4, -0.2) is 162 Å². The largest absolute Gasteiger partial charge is 0.481 e. The summed E-state index contributed by atoms with van der Waals surface area (Å²) in [7, 11) is 0. The number of carbonyl (C=O) groups excluding carboxylic acids is 9. The Bertz CT molecular complexity index is 1880. The number of carboxylic acids is 2. The SMILES string of the molecule is CC(C)[C@H](NC(=O)[C@H](CC(N)=O)NC(=O)[C@H](CCCN=C(N)N)NC(=O)CNC(=O)[C@H](CCCCN)NC(=O)[C@@H]1CCCN1)C(=O)N[C@H](C(=O)N[C@@H](CCC(=O)O)C(=O)N[C@@H](CCCCN)C(=O)O)C(C)C. The van der Waals surface area contributed by atoms with Crippen LogP contribution in [0.15, 0.2) is 4.99 Å². The molecule has 0 aromatic carbocycles. The van der Waals surface area contributed by atoms with Crippen molar-refractivity contribution in [1.29, 1.82) is 0 Å². The number of nitrogens with one attached hydrogen (secondary N) is 9. The van der Waals surface area contributed by atoms with Crippen LogP contribution in [0.1, 0.15) is 111 Å². The van der Waals surface area contributed by atoms with E-state index in [1.807, 2.05) is 0 Å². The van der Waals surface area contributed by atoms with E-state index in [2.05, 4.69) is 52.8 Å². The summed E-state index contributed by atoms with van der Waals surface area (Å²) in [6, 6.07) is -10.4. The Morgan fingerprint density at radius 3 is 1.57 bits per heavy atom. The average Bonchev–Trinajstić information content (AvgIpc) is 3.85. The molecule has 0 spiro atoms. The average molecular weight is 1030 g/mol. The molecule has 0 aliphatic carbocycles. The standard InChI is InChI=1S/C44H79N15O13/c1-23(2)34(41(69)55-28(15-16-33(62)63)39(67)56-29(43(71)72)12-6-8-18-46)59-42(70)35(24(3)4)58-40(68)30(21-31(47)60)57-38(66)27(14-10-20-51-44(48)49)53-32(61)22-52-36(64)26(11-5-7-17-45)54-37(65)25-13-9-19-50-25/h23-30,34-35,50H,5-22,45-46H2,1-4H3,(H2,47,60)(H,52,64)(H,53,61)(H,54,65)(H,55,69)(H,56,67)(H,57,66)(H,58,68)(H,59,70)(H,62,63)(H,71,72)(H4,48,49,51)/t25-,26-,27-,28-,29-,30-,34-,35-/m0/s1. The first-order valence-corrected chi connectivity index (χ1v) is 24.2. The number of hydrogen-bond donors (Lipinski definition) is 16. The van der Waals surface area contributed by atoms with Crippen molar-refractivity contribution < 1.29 is 63.0 Å². The van der Waals surface area contributed by atoms with E-state index in [9.17, 15) is 63.0 Å². The number of hydrogen-bond acceptors (Lipinski definition) is 15. The summed E-state index contributed by atoms with van der Waals surface area (Å²) in [5.41, 5.74) is 27.4. The van der Waals surface area contributed by atoms with Crippen LogP contribution in [0.2, 0.25) is 0 Å². The van der Waals surface area contributed by atoms with Crippen LogP contribution >= 0.6 is 0 Å². The van der Waals surface area contributed by atoms with Crippen molar-refractivity contribution in [2.75, 3.05) is 32.7 Å². The maximum Gasteiger partial charge on any atom is 0.326 e. The van der Waals surface area contributed by atoms with Gasteiger partial charge in [-0.3, -0.25) is 52.9 Å². The van der Waals surface area contributed by atoms with Crippen molar-refractivity contribution in [3.8, 4) is 0 Å². The lowest BCUT2D eigenvalue weighted by Crippen LogP contribution is -2.61. The van der Waals surface area contributed by atoms with E-state index in [4.69, 9.17) is 28.7 Å². The number of unbranched alkanes of at least 4 members (excludes halogenated alkanes) is 2. The van der Waals surface area contributed by atoms with E-state index in [1.54, 1.807) is 27.7 Å². The molecule has 0 aromatic heterocycles. The number of amides is 9. The Morgan fingerprint density at radius 1 is 0.583 bits per heavy atom. The van der Waals surface area contributed by atoms with Gasteiger partial charge < -0.3 is 86.7 Å². The minimum atomic E-state index is -1.73. The highest BCUT2D eigenvalue weighted by molar-refractivity contribution is 5.99. The zero-order valence-electron chi connectivity index (χ0n) is 41.7. The number of aliphatic carboxylic acids is 2. The van der Waals surface area contributed by atoms with Crippen molar-refractivity contribution in [3.05, 3.63) is 0 Å². The van der Waals surface area contributed by atoms with E-state index >= 15 is 0 Å². The van der Waals surface area contributed by atoms with Gasteiger partial charge in [0.25, 0.3) is 0 Å². The van der Waals surface area contributed by atoms with Crippen LogP contribution in [-0.2, 0) is 52.7 Å². The van der Waals surface area contributed by atoms with E-state index in [0.29, 0.717) is 45.2 Å². The fourth-order valence-electron chi connectivity index (χ4n) is 7.32. The molecule has 28 nitrogen and oxygen atoms in total. The van der Waals surface area contributed by atoms with Crippen molar-refractivity contribution in [3.63, 3.8) is 0 Å². The summed E-state index contributed by atoms with van der Waals surface area (Å²) in [6.45, 7) is 6.85. The highest BCUT2D eigenvalue weighted by atomic mass is 16.4. The van der Waals surface area contributed by atoms with Crippen molar-refractivity contribution in [2.24, 2.45) is 45.5 Å². The molecule has 1 rings (SSSR count). The second-order valence-electron chi connectivity index (χ2n) is 18.2. The number of primary amides is 1. The summed E-state index contributed by atoms with van der Waals surface area (Å²) in [5.74, 6) is -12.1.